The normalized spacial score (nSPS) is 37.1. The summed E-state index contributed by atoms with van der Waals surface area (Å²) in [7, 11) is 0. The fourth-order valence-corrected chi connectivity index (χ4v) is 4.21. The Bertz CT molecular complexity index is 334. The lowest BCUT2D eigenvalue weighted by Crippen LogP contribution is -2.48. The highest BCUT2D eigenvalue weighted by Crippen LogP contribution is 2.39. The third-order valence-electron chi connectivity index (χ3n) is 5.05. The zero-order valence-corrected chi connectivity index (χ0v) is 13.2. The lowest BCUT2D eigenvalue weighted by molar-refractivity contribution is -0.135. The van der Waals surface area contributed by atoms with Crippen LogP contribution >= 0.6 is 12.4 Å². The maximum Gasteiger partial charge on any atom is 0.224 e. The molecule has 0 aromatic rings. The molecule has 3 aliphatic rings. The Balaban J connectivity index is 0.00000147. The molecule has 1 saturated carbocycles. The molecule has 4 nitrogen and oxygen atoms in total. The maximum absolute atomic E-state index is 12.6. The molecule has 1 N–H and O–H groups in total. The van der Waals surface area contributed by atoms with Crippen molar-refractivity contribution in [1.82, 2.24) is 10.2 Å². The summed E-state index contributed by atoms with van der Waals surface area (Å²) in [4.78, 5) is 14.8. The fraction of sp³-hybridized carbons (Fsp3) is 0.933. The number of halogens is 1. The van der Waals surface area contributed by atoms with E-state index >= 15 is 0 Å². The van der Waals surface area contributed by atoms with E-state index in [4.69, 9.17) is 4.74 Å². The van der Waals surface area contributed by atoms with E-state index in [9.17, 15) is 4.79 Å². The van der Waals surface area contributed by atoms with E-state index in [2.05, 4.69) is 17.1 Å². The second-order valence-electron chi connectivity index (χ2n) is 6.43. The van der Waals surface area contributed by atoms with Crippen molar-refractivity contribution in [3.05, 3.63) is 0 Å². The zero-order chi connectivity index (χ0) is 13.2. The Kier molecular flexibility index (Phi) is 5.70. The van der Waals surface area contributed by atoms with E-state index in [-0.39, 0.29) is 18.4 Å². The van der Waals surface area contributed by atoms with Crippen LogP contribution in [0.4, 0.5) is 0 Å². The third kappa shape index (κ3) is 3.29. The summed E-state index contributed by atoms with van der Waals surface area (Å²) in [6, 6.07) is 1.18. The van der Waals surface area contributed by atoms with Gasteiger partial charge in [0.25, 0.3) is 0 Å². The van der Waals surface area contributed by atoms with E-state index in [1.54, 1.807) is 0 Å². The molecule has 0 aromatic heterocycles. The number of rotatable bonds is 2. The van der Waals surface area contributed by atoms with Gasteiger partial charge in [0.05, 0.1) is 13.2 Å². The first-order valence-electron chi connectivity index (χ1n) is 7.88. The molecule has 2 aliphatic heterocycles. The minimum atomic E-state index is 0. The quantitative estimate of drug-likeness (QED) is 0.848. The number of amides is 1. The predicted molar refractivity (Wildman–Crippen MR) is 81.1 cm³/mol. The number of likely N-dealkylation sites (tertiary alicyclic amines) is 1. The Morgan fingerprint density at radius 1 is 1.35 bits per heavy atom. The molecule has 5 heteroatoms. The molecule has 0 spiro atoms. The SMILES string of the molecule is CC1CC2CCCCC2N1C(=O)CC1COCCN1.Cl. The third-order valence-corrected chi connectivity index (χ3v) is 5.05. The molecule has 116 valence electrons. The van der Waals surface area contributed by atoms with Crippen molar-refractivity contribution in [2.75, 3.05) is 19.8 Å². The average Bonchev–Trinajstić information content (AvgIpc) is 2.75. The molecule has 2 heterocycles. The van der Waals surface area contributed by atoms with Gasteiger partial charge < -0.3 is 15.0 Å². The van der Waals surface area contributed by atoms with Crippen molar-refractivity contribution in [2.45, 2.75) is 63.6 Å². The van der Waals surface area contributed by atoms with Crippen LogP contribution in [0, 0.1) is 5.92 Å². The van der Waals surface area contributed by atoms with Gasteiger partial charge in [-0.2, -0.15) is 0 Å². The van der Waals surface area contributed by atoms with Crippen molar-refractivity contribution in [2.24, 2.45) is 5.92 Å². The minimum absolute atomic E-state index is 0. The van der Waals surface area contributed by atoms with Gasteiger partial charge in [-0.25, -0.2) is 0 Å². The van der Waals surface area contributed by atoms with Crippen molar-refractivity contribution >= 4 is 18.3 Å². The van der Waals surface area contributed by atoms with Crippen LogP contribution in [0.3, 0.4) is 0 Å². The highest BCUT2D eigenvalue weighted by Gasteiger charge is 2.42. The van der Waals surface area contributed by atoms with Crippen molar-refractivity contribution in [1.29, 1.82) is 0 Å². The first-order chi connectivity index (χ1) is 9.25. The molecule has 1 amide bonds. The van der Waals surface area contributed by atoms with E-state index < -0.39 is 0 Å². The van der Waals surface area contributed by atoms with Gasteiger partial charge in [-0.15, -0.1) is 12.4 Å². The molecule has 4 unspecified atom stereocenters. The van der Waals surface area contributed by atoms with Crippen LogP contribution in [0.1, 0.15) is 45.4 Å². The van der Waals surface area contributed by atoms with Crippen LogP contribution in [0.5, 0.6) is 0 Å². The van der Waals surface area contributed by atoms with Crippen LogP contribution in [-0.4, -0.2) is 48.7 Å². The summed E-state index contributed by atoms with van der Waals surface area (Å²) in [5.74, 6) is 1.10. The molecule has 2 saturated heterocycles. The predicted octanol–water partition coefficient (Wildman–Crippen LogP) is 1.97. The van der Waals surface area contributed by atoms with Crippen LogP contribution in [0.15, 0.2) is 0 Å². The lowest BCUT2D eigenvalue weighted by atomic mass is 9.85. The van der Waals surface area contributed by atoms with Gasteiger partial charge in [-0.3, -0.25) is 4.79 Å². The van der Waals surface area contributed by atoms with Gasteiger partial charge >= 0.3 is 0 Å². The summed E-state index contributed by atoms with van der Waals surface area (Å²) in [5.41, 5.74) is 0. The number of ether oxygens (including phenoxy) is 1. The first kappa shape index (κ1) is 16.1. The second kappa shape index (κ2) is 7.10. The van der Waals surface area contributed by atoms with Gasteiger partial charge in [-0.05, 0) is 32.1 Å². The number of nitrogens with one attached hydrogen (secondary N) is 1. The Morgan fingerprint density at radius 2 is 2.15 bits per heavy atom. The van der Waals surface area contributed by atoms with Crippen LogP contribution in [0.25, 0.3) is 0 Å². The number of nitrogens with zero attached hydrogens (tertiary/aromatic N) is 1. The van der Waals surface area contributed by atoms with Crippen LogP contribution < -0.4 is 5.32 Å². The molecule has 0 radical (unpaired) electrons. The van der Waals surface area contributed by atoms with Crippen molar-refractivity contribution in [3.63, 3.8) is 0 Å². The van der Waals surface area contributed by atoms with E-state index in [1.165, 1.54) is 32.1 Å². The molecule has 0 aromatic carbocycles. The van der Waals surface area contributed by atoms with Gasteiger partial charge in [0.1, 0.15) is 0 Å². The van der Waals surface area contributed by atoms with Crippen LogP contribution in [-0.2, 0) is 9.53 Å². The number of carbonyl (C=O) groups excluding carboxylic acids is 1. The topological polar surface area (TPSA) is 41.6 Å². The summed E-state index contributed by atoms with van der Waals surface area (Å²) in [6.07, 6.45) is 7.01. The second-order valence-corrected chi connectivity index (χ2v) is 6.43. The molecule has 4 atom stereocenters. The molecular weight excluding hydrogens is 276 g/mol. The maximum atomic E-state index is 12.6. The molecule has 1 aliphatic carbocycles. The van der Waals surface area contributed by atoms with Crippen molar-refractivity contribution < 1.29 is 9.53 Å². The Hall–Kier alpha value is -0.320. The van der Waals surface area contributed by atoms with Crippen LogP contribution in [0.2, 0.25) is 0 Å². The van der Waals surface area contributed by atoms with E-state index in [0.717, 1.165) is 19.1 Å². The summed E-state index contributed by atoms with van der Waals surface area (Å²) in [5, 5.41) is 3.39. The molecule has 0 bridgehead atoms. The standard InChI is InChI=1S/C15H26N2O2.ClH/c1-11-8-12-4-2-3-5-14(12)17(11)15(18)9-13-10-19-7-6-16-13;/h11-14,16H,2-10H2,1H3;1H. The highest BCUT2D eigenvalue weighted by atomic mass is 35.5. The fourth-order valence-electron chi connectivity index (χ4n) is 4.21. The molecule has 3 fully saturated rings. The molecular formula is C15H27ClN2O2. The summed E-state index contributed by atoms with van der Waals surface area (Å²) < 4.78 is 5.45. The van der Waals surface area contributed by atoms with Gasteiger partial charge in [0, 0.05) is 31.1 Å². The summed E-state index contributed by atoms with van der Waals surface area (Å²) >= 11 is 0. The lowest BCUT2D eigenvalue weighted by Gasteiger charge is -2.34. The Labute approximate surface area is 128 Å². The largest absolute Gasteiger partial charge is 0.378 e. The number of carbonyl (C=O) groups is 1. The molecule has 20 heavy (non-hydrogen) atoms. The monoisotopic (exact) mass is 302 g/mol. The van der Waals surface area contributed by atoms with Crippen molar-refractivity contribution in [3.8, 4) is 0 Å². The van der Waals surface area contributed by atoms with E-state index in [1.807, 2.05) is 0 Å². The van der Waals surface area contributed by atoms with Gasteiger partial charge in [0.2, 0.25) is 5.91 Å². The number of morpholine rings is 1. The number of hydrogen-bond acceptors (Lipinski definition) is 3. The Morgan fingerprint density at radius 3 is 2.90 bits per heavy atom. The zero-order valence-electron chi connectivity index (χ0n) is 12.3. The number of hydrogen-bond donors (Lipinski definition) is 1. The summed E-state index contributed by atoms with van der Waals surface area (Å²) in [6.45, 7) is 4.55. The molecule has 3 rings (SSSR count). The van der Waals surface area contributed by atoms with E-state index in [0.29, 0.717) is 31.0 Å². The highest BCUT2D eigenvalue weighted by molar-refractivity contribution is 5.85. The smallest absolute Gasteiger partial charge is 0.224 e. The van der Waals surface area contributed by atoms with Gasteiger partial charge in [0.15, 0.2) is 0 Å². The minimum Gasteiger partial charge on any atom is -0.378 e. The first-order valence-corrected chi connectivity index (χ1v) is 7.88. The van der Waals surface area contributed by atoms with Gasteiger partial charge in [-0.1, -0.05) is 12.8 Å². The average molecular weight is 303 g/mol. The number of fused-ring (bicyclic) bond motifs is 1.